The van der Waals surface area contributed by atoms with Crippen LogP contribution in [0.3, 0.4) is 0 Å². The molecule has 0 bridgehead atoms. The summed E-state index contributed by atoms with van der Waals surface area (Å²) in [4.78, 5) is 36.9. The van der Waals surface area contributed by atoms with Gasteiger partial charge in [0.2, 0.25) is 0 Å². The number of fused-ring (bicyclic) bond motifs is 5. The first kappa shape index (κ1) is 19.4. The van der Waals surface area contributed by atoms with Gasteiger partial charge in [0.25, 0.3) is 0 Å². The van der Waals surface area contributed by atoms with Crippen LogP contribution in [0, 0.1) is 28.6 Å². The summed E-state index contributed by atoms with van der Waals surface area (Å²) < 4.78 is 10.7. The van der Waals surface area contributed by atoms with Crippen LogP contribution in [0.25, 0.3) is 0 Å². The molecular formula is C23H30O5. The lowest BCUT2D eigenvalue weighted by molar-refractivity contribution is -0.149. The highest BCUT2D eigenvalue weighted by molar-refractivity contribution is 5.88. The Morgan fingerprint density at radius 2 is 1.96 bits per heavy atom. The summed E-state index contributed by atoms with van der Waals surface area (Å²) in [7, 11) is 1.43. The van der Waals surface area contributed by atoms with Gasteiger partial charge in [-0.15, -0.1) is 0 Å². The number of rotatable bonds is 2. The third kappa shape index (κ3) is 2.69. The van der Waals surface area contributed by atoms with Gasteiger partial charge in [0.15, 0.2) is 0 Å². The summed E-state index contributed by atoms with van der Waals surface area (Å²) >= 11 is 0. The maximum Gasteiger partial charge on any atom is 0.313 e. The molecule has 2 unspecified atom stereocenters. The molecule has 5 nitrogen and oxygen atoms in total. The first-order valence-corrected chi connectivity index (χ1v) is 10.4. The van der Waals surface area contributed by atoms with Crippen molar-refractivity contribution < 1.29 is 23.9 Å². The van der Waals surface area contributed by atoms with E-state index in [9.17, 15) is 14.4 Å². The normalized spacial score (nSPS) is 41.8. The molecule has 0 aromatic heterocycles. The summed E-state index contributed by atoms with van der Waals surface area (Å²) in [6.07, 6.45) is 8.79. The van der Waals surface area contributed by atoms with Crippen LogP contribution in [0.15, 0.2) is 23.3 Å². The predicted molar refractivity (Wildman–Crippen MR) is 103 cm³/mol. The van der Waals surface area contributed by atoms with E-state index in [1.165, 1.54) is 25.2 Å². The van der Waals surface area contributed by atoms with Gasteiger partial charge in [-0.05, 0) is 31.6 Å². The highest BCUT2D eigenvalue weighted by Gasteiger charge is 2.59. The fourth-order valence-corrected chi connectivity index (χ4v) is 6.42. The second-order valence-electron chi connectivity index (χ2n) is 9.42. The fourth-order valence-electron chi connectivity index (χ4n) is 6.42. The Balaban J connectivity index is 1.78. The molecule has 2 saturated carbocycles. The molecule has 4 aliphatic carbocycles. The maximum atomic E-state index is 12.8. The predicted octanol–water partition coefficient (Wildman–Crippen LogP) is 3.77. The van der Waals surface area contributed by atoms with Crippen molar-refractivity contribution in [1.82, 2.24) is 0 Å². The van der Waals surface area contributed by atoms with Crippen LogP contribution >= 0.6 is 0 Å². The number of ether oxygens (including phenoxy) is 2. The van der Waals surface area contributed by atoms with Crippen LogP contribution in [0.5, 0.6) is 0 Å². The number of hydrogen-bond acceptors (Lipinski definition) is 5. The van der Waals surface area contributed by atoms with Crippen LogP contribution in [-0.4, -0.2) is 30.9 Å². The zero-order chi connectivity index (χ0) is 20.3. The van der Waals surface area contributed by atoms with Crippen LogP contribution in [0.1, 0.15) is 59.3 Å². The minimum Gasteiger partial charge on any atom is -0.469 e. The molecule has 2 fully saturated rings. The lowest BCUT2D eigenvalue weighted by Gasteiger charge is -2.54. The molecule has 0 amide bonds. The van der Waals surface area contributed by atoms with E-state index in [4.69, 9.17) is 9.47 Å². The van der Waals surface area contributed by atoms with E-state index in [1.54, 1.807) is 0 Å². The lowest BCUT2D eigenvalue weighted by Crippen LogP contribution is -2.49. The van der Waals surface area contributed by atoms with Crippen molar-refractivity contribution in [2.45, 2.75) is 65.4 Å². The smallest absolute Gasteiger partial charge is 0.313 e. The topological polar surface area (TPSA) is 69.7 Å². The van der Waals surface area contributed by atoms with Gasteiger partial charge in [-0.25, -0.2) is 0 Å². The third-order valence-electron chi connectivity index (χ3n) is 8.01. The van der Waals surface area contributed by atoms with Crippen molar-refractivity contribution >= 4 is 17.7 Å². The largest absolute Gasteiger partial charge is 0.469 e. The zero-order valence-electron chi connectivity index (χ0n) is 17.2. The Morgan fingerprint density at radius 3 is 2.64 bits per heavy atom. The molecule has 4 rings (SSSR count). The van der Waals surface area contributed by atoms with E-state index in [1.807, 2.05) is 0 Å². The van der Waals surface area contributed by atoms with Gasteiger partial charge in [-0.3, -0.25) is 14.4 Å². The molecular weight excluding hydrogens is 356 g/mol. The van der Waals surface area contributed by atoms with Gasteiger partial charge < -0.3 is 9.47 Å². The molecule has 0 aliphatic heterocycles. The number of carbonyl (C=O) groups is 3. The number of carbonyl (C=O) groups excluding carboxylic acids is 3. The summed E-state index contributed by atoms with van der Waals surface area (Å²) in [6.45, 7) is 5.78. The highest BCUT2D eigenvalue weighted by atomic mass is 16.5. The van der Waals surface area contributed by atoms with Gasteiger partial charge in [0.1, 0.15) is 11.9 Å². The third-order valence-corrected chi connectivity index (χ3v) is 8.01. The minimum absolute atomic E-state index is 0.0247. The summed E-state index contributed by atoms with van der Waals surface area (Å²) in [5, 5.41) is 0. The molecule has 152 valence electrons. The number of Topliss-reactive ketones (excluding diaryl/α,β-unsaturated/α-hetero) is 1. The molecule has 0 N–H and O–H groups in total. The van der Waals surface area contributed by atoms with Crippen molar-refractivity contribution in [3.63, 3.8) is 0 Å². The Hall–Kier alpha value is -1.91. The summed E-state index contributed by atoms with van der Waals surface area (Å²) in [5.74, 6) is -0.324. The van der Waals surface area contributed by atoms with Crippen LogP contribution < -0.4 is 0 Å². The van der Waals surface area contributed by atoms with Crippen molar-refractivity contribution in [1.29, 1.82) is 0 Å². The maximum absolute atomic E-state index is 12.8. The standard InChI is InChI=1S/C23H30O5/c1-13(24)28-15-7-9-22(2)14(11-15)12-16(21(26)27-4)20-17-5-6-19(25)23(17,3)10-8-18(20)22/h8,12,15-17,20H,5-7,9-11H2,1-4H3/t15?,16-,17?,20+,22+,23+/m1/s1. The number of esters is 2. The quantitative estimate of drug-likeness (QED) is 0.534. The van der Waals surface area contributed by atoms with Gasteiger partial charge in [-0.2, -0.15) is 0 Å². The Labute approximate surface area is 166 Å². The molecule has 0 heterocycles. The van der Waals surface area contributed by atoms with Gasteiger partial charge in [0.05, 0.1) is 13.0 Å². The number of methoxy groups -OCH3 is 1. The van der Waals surface area contributed by atoms with Gasteiger partial charge >= 0.3 is 11.9 Å². The molecule has 4 aliphatic rings. The second kappa shape index (κ2) is 6.57. The van der Waals surface area contributed by atoms with Crippen molar-refractivity contribution in [2.75, 3.05) is 7.11 Å². The molecule has 0 aromatic carbocycles. The summed E-state index contributed by atoms with van der Waals surface area (Å²) in [5.41, 5.74) is 1.99. The molecule has 0 saturated heterocycles. The average Bonchev–Trinajstić information content (AvgIpc) is 2.95. The number of ketones is 1. The Bertz CT molecular complexity index is 793. The molecule has 28 heavy (non-hydrogen) atoms. The molecule has 5 heteroatoms. The van der Waals surface area contributed by atoms with Crippen LogP contribution in [0.2, 0.25) is 0 Å². The number of allylic oxidation sites excluding steroid dienone is 2. The average molecular weight is 386 g/mol. The number of hydrogen-bond donors (Lipinski definition) is 0. The fraction of sp³-hybridized carbons (Fsp3) is 0.696. The van der Waals surface area contributed by atoms with Crippen molar-refractivity contribution in [3.8, 4) is 0 Å². The monoisotopic (exact) mass is 386 g/mol. The lowest BCUT2D eigenvalue weighted by atomic mass is 9.50. The van der Waals surface area contributed by atoms with Crippen LogP contribution in [-0.2, 0) is 23.9 Å². The Kier molecular flexibility index (Phi) is 4.55. The van der Waals surface area contributed by atoms with E-state index in [0.717, 1.165) is 25.7 Å². The SMILES string of the molecule is COC(=O)[C@@H]1C=C2CC(OC(C)=O)CC[C@]2(C)C2=CC[C@]3(C)C(=O)CCC3[C@@H]21. The summed E-state index contributed by atoms with van der Waals surface area (Å²) in [6, 6.07) is 0. The molecule has 0 spiro atoms. The molecule has 0 aromatic rings. The minimum atomic E-state index is -0.370. The van der Waals surface area contributed by atoms with E-state index in [0.29, 0.717) is 18.6 Å². The Morgan fingerprint density at radius 1 is 1.21 bits per heavy atom. The molecule has 0 radical (unpaired) electrons. The van der Waals surface area contributed by atoms with E-state index in [-0.39, 0.29) is 46.6 Å². The van der Waals surface area contributed by atoms with Gasteiger partial charge in [0, 0.05) is 36.5 Å². The highest BCUT2D eigenvalue weighted by Crippen LogP contribution is 2.63. The van der Waals surface area contributed by atoms with E-state index >= 15 is 0 Å². The van der Waals surface area contributed by atoms with E-state index < -0.39 is 0 Å². The zero-order valence-corrected chi connectivity index (χ0v) is 17.2. The van der Waals surface area contributed by atoms with Crippen molar-refractivity contribution in [3.05, 3.63) is 23.3 Å². The van der Waals surface area contributed by atoms with E-state index in [2.05, 4.69) is 26.0 Å². The molecule has 6 atom stereocenters. The van der Waals surface area contributed by atoms with Crippen molar-refractivity contribution in [2.24, 2.45) is 28.6 Å². The van der Waals surface area contributed by atoms with Gasteiger partial charge in [-0.1, -0.05) is 37.1 Å². The van der Waals surface area contributed by atoms with Crippen LogP contribution in [0.4, 0.5) is 0 Å². The first-order chi connectivity index (χ1) is 13.2. The second-order valence-corrected chi connectivity index (χ2v) is 9.42. The first-order valence-electron chi connectivity index (χ1n) is 10.4.